The molecule has 2 aromatic heterocycles. The highest BCUT2D eigenvalue weighted by molar-refractivity contribution is 9.10. The smallest absolute Gasteiger partial charge is 0.251 e. The summed E-state index contributed by atoms with van der Waals surface area (Å²) < 4.78 is 7.86. The Labute approximate surface area is 124 Å². The van der Waals surface area contributed by atoms with Gasteiger partial charge in [-0.05, 0) is 37.4 Å². The van der Waals surface area contributed by atoms with Crippen molar-refractivity contribution in [3.8, 4) is 0 Å². The third-order valence-electron chi connectivity index (χ3n) is 3.45. The lowest BCUT2D eigenvalue weighted by molar-refractivity contribution is 0.392. The lowest BCUT2D eigenvalue weighted by Crippen LogP contribution is -2.20. The average molecular weight is 333 g/mol. The topological polar surface area (TPSA) is 48.0 Å². The summed E-state index contributed by atoms with van der Waals surface area (Å²) in [6.45, 7) is 4.22. The van der Waals surface area contributed by atoms with Crippen LogP contribution in [0.2, 0.25) is 0 Å². The van der Waals surface area contributed by atoms with Crippen LogP contribution < -0.4 is 5.56 Å². The van der Waals surface area contributed by atoms with Crippen LogP contribution in [0.15, 0.2) is 44.1 Å². The zero-order valence-corrected chi connectivity index (χ0v) is 12.8. The molecule has 102 valence electrons. The fraction of sp³-hybridized carbons (Fsp3) is 0.200. The summed E-state index contributed by atoms with van der Waals surface area (Å²) in [6, 6.07) is 9.34. The van der Waals surface area contributed by atoms with E-state index < -0.39 is 0 Å². The van der Waals surface area contributed by atoms with Crippen LogP contribution in [0.5, 0.6) is 0 Å². The molecule has 0 spiro atoms. The predicted molar refractivity (Wildman–Crippen MR) is 81.0 cm³/mol. The molecule has 0 unspecified atom stereocenters. The van der Waals surface area contributed by atoms with Gasteiger partial charge in [-0.15, -0.1) is 0 Å². The van der Waals surface area contributed by atoms with Crippen LogP contribution in [0.3, 0.4) is 0 Å². The first-order chi connectivity index (χ1) is 9.56. The Kier molecular flexibility index (Phi) is 3.22. The van der Waals surface area contributed by atoms with E-state index in [4.69, 9.17) is 4.52 Å². The van der Waals surface area contributed by atoms with Crippen molar-refractivity contribution < 1.29 is 4.52 Å². The van der Waals surface area contributed by atoms with Crippen LogP contribution in [0.1, 0.15) is 17.0 Å². The second-order valence-corrected chi connectivity index (χ2v) is 5.68. The fourth-order valence-corrected chi connectivity index (χ4v) is 2.66. The van der Waals surface area contributed by atoms with Crippen molar-refractivity contribution in [2.45, 2.75) is 20.4 Å². The van der Waals surface area contributed by atoms with Gasteiger partial charge in [0, 0.05) is 16.1 Å². The van der Waals surface area contributed by atoms with E-state index in [-0.39, 0.29) is 5.56 Å². The van der Waals surface area contributed by atoms with Gasteiger partial charge in [-0.2, -0.15) is 0 Å². The number of halogens is 1. The summed E-state index contributed by atoms with van der Waals surface area (Å²) in [6.07, 6.45) is 0. The van der Waals surface area contributed by atoms with E-state index in [9.17, 15) is 4.79 Å². The molecule has 0 aliphatic rings. The molecule has 2 heterocycles. The molecule has 4 nitrogen and oxygen atoms in total. The molecule has 0 aliphatic carbocycles. The summed E-state index contributed by atoms with van der Waals surface area (Å²) in [5.74, 6) is 0.751. The van der Waals surface area contributed by atoms with Crippen LogP contribution in [-0.2, 0) is 6.54 Å². The van der Waals surface area contributed by atoms with E-state index in [1.165, 1.54) is 0 Å². The molecule has 3 rings (SSSR count). The quantitative estimate of drug-likeness (QED) is 0.722. The zero-order valence-electron chi connectivity index (χ0n) is 11.2. The molecule has 0 bridgehead atoms. The minimum absolute atomic E-state index is 0.0319. The summed E-state index contributed by atoms with van der Waals surface area (Å²) in [7, 11) is 0. The highest BCUT2D eigenvalue weighted by Gasteiger charge is 2.12. The van der Waals surface area contributed by atoms with Crippen molar-refractivity contribution in [1.82, 2.24) is 9.72 Å². The van der Waals surface area contributed by atoms with Gasteiger partial charge in [0.25, 0.3) is 5.56 Å². The second-order valence-electron chi connectivity index (χ2n) is 4.76. The maximum atomic E-state index is 12.2. The monoisotopic (exact) mass is 332 g/mol. The van der Waals surface area contributed by atoms with Gasteiger partial charge < -0.3 is 9.09 Å². The van der Waals surface area contributed by atoms with E-state index in [0.717, 1.165) is 32.4 Å². The molecule has 0 N–H and O–H groups in total. The normalized spacial score (nSPS) is 11.2. The van der Waals surface area contributed by atoms with Gasteiger partial charge in [0.2, 0.25) is 0 Å². The summed E-state index contributed by atoms with van der Waals surface area (Å²) in [5, 5.41) is 4.97. The first-order valence-electron chi connectivity index (χ1n) is 6.27. The Morgan fingerprint density at radius 2 is 2.00 bits per heavy atom. The third-order valence-corrected chi connectivity index (χ3v) is 3.95. The Hall–Kier alpha value is -1.88. The number of benzene rings is 1. The molecule has 0 fully saturated rings. The molecule has 0 saturated heterocycles. The van der Waals surface area contributed by atoms with Crippen molar-refractivity contribution in [1.29, 1.82) is 0 Å². The number of fused-ring (bicyclic) bond motifs is 1. The van der Waals surface area contributed by atoms with Gasteiger partial charge in [-0.1, -0.05) is 27.2 Å². The zero-order chi connectivity index (χ0) is 14.3. The molecular formula is C15H13BrN2O2. The first-order valence-corrected chi connectivity index (χ1v) is 7.06. The number of hydrogen-bond acceptors (Lipinski definition) is 3. The molecular weight excluding hydrogens is 320 g/mol. The maximum absolute atomic E-state index is 12.2. The number of hydrogen-bond donors (Lipinski definition) is 0. The standard InChI is InChI=1S/C15H13BrN2O2/c1-9-13(10(2)20-17-9)8-18-14-7-12(16)5-3-11(14)4-6-15(18)19/h3-7H,8H2,1-2H3. The van der Waals surface area contributed by atoms with Crippen LogP contribution in [0.25, 0.3) is 10.9 Å². The van der Waals surface area contributed by atoms with E-state index >= 15 is 0 Å². The van der Waals surface area contributed by atoms with E-state index in [1.54, 1.807) is 10.6 Å². The van der Waals surface area contributed by atoms with Gasteiger partial charge in [0.05, 0.1) is 17.8 Å². The molecule has 3 aromatic rings. The Morgan fingerprint density at radius 3 is 2.70 bits per heavy atom. The Bertz CT molecular complexity index is 829. The number of aromatic nitrogens is 2. The molecule has 0 atom stereocenters. The molecule has 0 radical (unpaired) electrons. The molecule has 20 heavy (non-hydrogen) atoms. The van der Waals surface area contributed by atoms with Crippen molar-refractivity contribution in [3.63, 3.8) is 0 Å². The molecule has 1 aromatic carbocycles. The van der Waals surface area contributed by atoms with E-state index in [0.29, 0.717) is 6.54 Å². The van der Waals surface area contributed by atoms with Crippen molar-refractivity contribution >= 4 is 26.8 Å². The van der Waals surface area contributed by atoms with Crippen molar-refractivity contribution in [2.24, 2.45) is 0 Å². The summed E-state index contributed by atoms with van der Waals surface area (Å²) in [4.78, 5) is 12.2. The number of nitrogens with zero attached hydrogens (tertiary/aromatic N) is 2. The van der Waals surface area contributed by atoms with Crippen LogP contribution in [0, 0.1) is 13.8 Å². The largest absolute Gasteiger partial charge is 0.361 e. The fourth-order valence-electron chi connectivity index (χ4n) is 2.31. The first kappa shape index (κ1) is 13.1. The minimum Gasteiger partial charge on any atom is -0.361 e. The molecule has 0 aliphatic heterocycles. The van der Waals surface area contributed by atoms with Crippen LogP contribution in [-0.4, -0.2) is 9.72 Å². The highest BCUT2D eigenvalue weighted by atomic mass is 79.9. The molecule has 5 heteroatoms. The molecule has 0 amide bonds. The lowest BCUT2D eigenvalue weighted by atomic mass is 10.1. The SMILES string of the molecule is Cc1noc(C)c1Cn1c(=O)ccc2ccc(Br)cc21. The van der Waals surface area contributed by atoms with Crippen LogP contribution in [0.4, 0.5) is 0 Å². The maximum Gasteiger partial charge on any atom is 0.251 e. The summed E-state index contributed by atoms with van der Waals surface area (Å²) >= 11 is 3.45. The lowest BCUT2D eigenvalue weighted by Gasteiger charge is -2.10. The van der Waals surface area contributed by atoms with Crippen molar-refractivity contribution in [3.05, 3.63) is 62.2 Å². The van der Waals surface area contributed by atoms with Gasteiger partial charge in [-0.3, -0.25) is 4.79 Å². The van der Waals surface area contributed by atoms with Crippen molar-refractivity contribution in [2.75, 3.05) is 0 Å². The highest BCUT2D eigenvalue weighted by Crippen LogP contribution is 2.20. The van der Waals surface area contributed by atoms with Gasteiger partial charge >= 0.3 is 0 Å². The minimum atomic E-state index is -0.0319. The Morgan fingerprint density at radius 1 is 1.25 bits per heavy atom. The number of pyridine rings is 1. The van der Waals surface area contributed by atoms with Gasteiger partial charge in [0.15, 0.2) is 0 Å². The van der Waals surface area contributed by atoms with E-state index in [1.807, 2.05) is 38.1 Å². The second kappa shape index (κ2) is 4.90. The van der Waals surface area contributed by atoms with Crippen LogP contribution >= 0.6 is 15.9 Å². The number of rotatable bonds is 2. The van der Waals surface area contributed by atoms with E-state index in [2.05, 4.69) is 21.1 Å². The average Bonchev–Trinajstić information content (AvgIpc) is 2.73. The summed E-state index contributed by atoms with van der Waals surface area (Å²) in [5.41, 5.74) is 2.64. The van der Waals surface area contributed by atoms with Gasteiger partial charge in [-0.25, -0.2) is 0 Å². The molecule has 0 saturated carbocycles. The Balaban J connectivity index is 2.23. The number of aryl methyl sites for hydroxylation is 2. The third kappa shape index (κ3) is 2.18. The predicted octanol–water partition coefficient (Wildman–Crippen LogP) is 3.42. The van der Waals surface area contributed by atoms with Gasteiger partial charge in [0.1, 0.15) is 5.76 Å².